The molecule has 118 valence electrons. The third kappa shape index (κ3) is 2.92. The lowest BCUT2D eigenvalue weighted by molar-refractivity contribution is -0.129. The monoisotopic (exact) mass is 318 g/mol. The van der Waals surface area contributed by atoms with Gasteiger partial charge in [0.2, 0.25) is 5.91 Å². The lowest BCUT2D eigenvalue weighted by Gasteiger charge is -2.16. The zero-order chi connectivity index (χ0) is 15.9. The fourth-order valence-corrected chi connectivity index (χ4v) is 4.13. The van der Waals surface area contributed by atoms with E-state index in [1.54, 1.807) is 11.3 Å². The van der Waals surface area contributed by atoms with Gasteiger partial charge >= 0.3 is 0 Å². The molecule has 0 spiro atoms. The molecule has 0 saturated carbocycles. The van der Waals surface area contributed by atoms with E-state index >= 15 is 0 Å². The van der Waals surface area contributed by atoms with E-state index < -0.39 is 0 Å². The van der Waals surface area contributed by atoms with Crippen molar-refractivity contribution >= 4 is 17.2 Å². The van der Waals surface area contributed by atoms with E-state index in [2.05, 4.69) is 14.5 Å². The van der Waals surface area contributed by atoms with Gasteiger partial charge in [-0.15, -0.1) is 11.3 Å². The minimum absolute atomic E-state index is 0.209. The summed E-state index contributed by atoms with van der Waals surface area (Å²) in [6.07, 6.45) is 3.52. The third-order valence-electron chi connectivity index (χ3n) is 4.25. The Hall–Kier alpha value is -1.69. The topological polar surface area (TPSA) is 51.0 Å². The number of hydrogen-bond donors (Lipinski definition) is 0. The number of amides is 1. The van der Waals surface area contributed by atoms with Crippen LogP contribution in [0, 0.1) is 20.8 Å². The summed E-state index contributed by atoms with van der Waals surface area (Å²) in [6.45, 7) is 7.58. The second kappa shape index (κ2) is 5.83. The average molecular weight is 318 g/mol. The van der Waals surface area contributed by atoms with E-state index in [0.717, 1.165) is 46.6 Å². The molecular weight excluding hydrogens is 296 g/mol. The maximum Gasteiger partial charge on any atom is 0.227 e. The molecular formula is C16H22N4OS. The highest BCUT2D eigenvalue weighted by Crippen LogP contribution is 2.27. The molecule has 1 fully saturated rings. The van der Waals surface area contributed by atoms with Crippen LogP contribution in [-0.2, 0) is 18.3 Å². The molecule has 5 nitrogen and oxygen atoms in total. The minimum Gasteiger partial charge on any atom is -0.342 e. The SMILES string of the molecule is Cc1cn(C)c([C@@H]2CCN(C(=O)Cc3sc(C)nc3C)C2)n1. The molecule has 1 aliphatic rings. The molecule has 1 atom stereocenters. The van der Waals surface area contributed by atoms with Gasteiger partial charge in [0.1, 0.15) is 5.82 Å². The minimum atomic E-state index is 0.209. The molecule has 0 aliphatic carbocycles. The van der Waals surface area contributed by atoms with Gasteiger partial charge < -0.3 is 9.47 Å². The van der Waals surface area contributed by atoms with Gasteiger partial charge in [0.25, 0.3) is 0 Å². The van der Waals surface area contributed by atoms with Crippen molar-refractivity contribution in [2.75, 3.05) is 13.1 Å². The van der Waals surface area contributed by atoms with E-state index in [1.165, 1.54) is 0 Å². The summed E-state index contributed by atoms with van der Waals surface area (Å²) in [6, 6.07) is 0. The van der Waals surface area contributed by atoms with Gasteiger partial charge in [-0.05, 0) is 27.2 Å². The quantitative estimate of drug-likeness (QED) is 0.873. The number of imidazole rings is 1. The van der Waals surface area contributed by atoms with Crippen molar-refractivity contribution in [3.05, 3.63) is 33.3 Å². The Morgan fingerprint density at radius 1 is 1.36 bits per heavy atom. The van der Waals surface area contributed by atoms with E-state index in [1.807, 2.05) is 38.9 Å². The van der Waals surface area contributed by atoms with Crippen molar-refractivity contribution in [2.24, 2.45) is 7.05 Å². The number of carbonyl (C=O) groups excluding carboxylic acids is 1. The maximum atomic E-state index is 12.5. The second-order valence-corrected chi connectivity index (χ2v) is 7.38. The van der Waals surface area contributed by atoms with Crippen LogP contribution >= 0.6 is 11.3 Å². The predicted molar refractivity (Wildman–Crippen MR) is 87.2 cm³/mol. The van der Waals surface area contributed by atoms with E-state index in [9.17, 15) is 4.79 Å². The first kappa shape index (κ1) is 15.2. The zero-order valence-electron chi connectivity index (χ0n) is 13.6. The highest BCUT2D eigenvalue weighted by atomic mass is 32.1. The molecule has 0 radical (unpaired) electrons. The van der Waals surface area contributed by atoms with Crippen LogP contribution < -0.4 is 0 Å². The second-order valence-electron chi connectivity index (χ2n) is 6.09. The highest BCUT2D eigenvalue weighted by molar-refractivity contribution is 7.11. The van der Waals surface area contributed by atoms with E-state index in [-0.39, 0.29) is 5.91 Å². The van der Waals surface area contributed by atoms with Gasteiger partial charge in [0.05, 0.1) is 22.8 Å². The summed E-state index contributed by atoms with van der Waals surface area (Å²) in [4.78, 5) is 24.6. The summed E-state index contributed by atoms with van der Waals surface area (Å²) in [5.41, 5.74) is 2.03. The molecule has 0 N–H and O–H groups in total. The Balaban J connectivity index is 1.66. The van der Waals surface area contributed by atoms with E-state index in [4.69, 9.17) is 0 Å². The largest absolute Gasteiger partial charge is 0.342 e. The van der Waals surface area contributed by atoms with Crippen molar-refractivity contribution in [3.63, 3.8) is 0 Å². The molecule has 1 saturated heterocycles. The number of hydrogen-bond acceptors (Lipinski definition) is 4. The molecule has 1 aliphatic heterocycles. The van der Waals surface area contributed by atoms with Crippen LogP contribution in [-0.4, -0.2) is 38.4 Å². The Labute approximate surface area is 135 Å². The number of aromatic nitrogens is 3. The third-order valence-corrected chi connectivity index (χ3v) is 5.32. The van der Waals surface area contributed by atoms with Crippen LogP contribution in [0.15, 0.2) is 6.20 Å². The first-order valence-electron chi connectivity index (χ1n) is 7.64. The highest BCUT2D eigenvalue weighted by Gasteiger charge is 2.30. The number of aryl methyl sites for hydroxylation is 4. The lowest BCUT2D eigenvalue weighted by atomic mass is 10.1. The van der Waals surface area contributed by atoms with Crippen LogP contribution in [0.2, 0.25) is 0 Å². The van der Waals surface area contributed by atoms with E-state index in [0.29, 0.717) is 12.3 Å². The van der Waals surface area contributed by atoms with Crippen LogP contribution in [0.3, 0.4) is 0 Å². The molecule has 2 aromatic rings. The average Bonchev–Trinajstić information content (AvgIpc) is 3.10. The Kier molecular flexibility index (Phi) is 4.04. The first-order chi connectivity index (χ1) is 10.4. The van der Waals surface area contributed by atoms with Crippen molar-refractivity contribution in [1.82, 2.24) is 19.4 Å². The Bertz CT molecular complexity index is 703. The van der Waals surface area contributed by atoms with Gasteiger partial charge in [0, 0.05) is 37.1 Å². The Morgan fingerprint density at radius 3 is 2.73 bits per heavy atom. The Morgan fingerprint density at radius 2 is 2.14 bits per heavy atom. The zero-order valence-corrected chi connectivity index (χ0v) is 14.4. The molecule has 22 heavy (non-hydrogen) atoms. The molecule has 1 amide bonds. The van der Waals surface area contributed by atoms with Gasteiger partial charge in [0.15, 0.2) is 0 Å². The van der Waals surface area contributed by atoms with Crippen molar-refractivity contribution in [2.45, 2.75) is 39.5 Å². The number of thiazole rings is 1. The summed E-state index contributed by atoms with van der Waals surface area (Å²) in [5.74, 6) is 1.66. The molecule has 6 heteroatoms. The molecule has 3 heterocycles. The van der Waals surface area contributed by atoms with Gasteiger partial charge in [-0.2, -0.15) is 0 Å². The fourth-order valence-electron chi connectivity index (χ4n) is 3.20. The maximum absolute atomic E-state index is 12.5. The molecule has 0 unspecified atom stereocenters. The van der Waals surface area contributed by atoms with Crippen LogP contribution in [0.5, 0.6) is 0 Å². The van der Waals surface area contributed by atoms with Crippen LogP contribution in [0.4, 0.5) is 0 Å². The molecule has 0 aromatic carbocycles. The fraction of sp³-hybridized carbons (Fsp3) is 0.562. The predicted octanol–water partition coefficient (Wildman–Crippen LogP) is 2.36. The summed E-state index contributed by atoms with van der Waals surface area (Å²) in [7, 11) is 2.03. The number of nitrogens with zero attached hydrogens (tertiary/aromatic N) is 4. The summed E-state index contributed by atoms with van der Waals surface area (Å²) >= 11 is 1.63. The summed E-state index contributed by atoms with van der Waals surface area (Å²) in [5, 5.41) is 1.03. The van der Waals surface area contributed by atoms with Crippen LogP contribution in [0.1, 0.15) is 39.4 Å². The smallest absolute Gasteiger partial charge is 0.227 e. The van der Waals surface area contributed by atoms with Crippen LogP contribution in [0.25, 0.3) is 0 Å². The van der Waals surface area contributed by atoms with Gasteiger partial charge in [-0.3, -0.25) is 4.79 Å². The van der Waals surface area contributed by atoms with Gasteiger partial charge in [-0.25, -0.2) is 9.97 Å². The normalized spacial score (nSPS) is 18.2. The van der Waals surface area contributed by atoms with Crippen molar-refractivity contribution < 1.29 is 4.79 Å². The molecule has 0 bridgehead atoms. The first-order valence-corrected chi connectivity index (χ1v) is 8.46. The van der Waals surface area contributed by atoms with Crippen molar-refractivity contribution in [1.29, 1.82) is 0 Å². The van der Waals surface area contributed by atoms with Gasteiger partial charge in [-0.1, -0.05) is 0 Å². The lowest BCUT2D eigenvalue weighted by Crippen LogP contribution is -2.30. The number of rotatable bonds is 3. The number of carbonyl (C=O) groups is 1. The number of likely N-dealkylation sites (tertiary alicyclic amines) is 1. The molecule has 2 aromatic heterocycles. The molecule has 3 rings (SSSR count). The summed E-state index contributed by atoms with van der Waals surface area (Å²) < 4.78 is 2.09. The van der Waals surface area contributed by atoms with Crippen molar-refractivity contribution in [3.8, 4) is 0 Å². The standard InChI is InChI=1S/C16H22N4OS/c1-10-8-19(4)16(17-10)13-5-6-20(9-13)15(21)7-14-11(2)18-12(3)22-14/h8,13H,5-7,9H2,1-4H3/t13-/m1/s1.